The Balaban J connectivity index is 2.94. The Bertz CT molecular complexity index is 194. The lowest BCUT2D eigenvalue weighted by atomic mass is 10.4. The number of hydrogen-bond donors (Lipinski definition) is 0. The Morgan fingerprint density at radius 3 is 2.67 bits per heavy atom. The summed E-state index contributed by atoms with van der Waals surface area (Å²) >= 11 is 5.73. The predicted octanol–water partition coefficient (Wildman–Crippen LogP) is 1.11. The van der Waals surface area contributed by atoms with Gasteiger partial charge in [-0.15, -0.1) is 21.8 Å². The smallest absolute Gasteiger partial charge is 0.150 e. The minimum atomic E-state index is -0.0579. The van der Waals surface area contributed by atoms with Gasteiger partial charge in [0.05, 0.1) is 5.38 Å². The fourth-order valence-electron chi connectivity index (χ4n) is 0.652. The van der Waals surface area contributed by atoms with Crippen molar-refractivity contribution in [2.45, 2.75) is 12.3 Å². The van der Waals surface area contributed by atoms with Crippen LogP contribution < -0.4 is 0 Å². The standard InChI is InChI=1S/C5H8ClN3/c1-4(6)5-8-7-3-9(5)2/h3-4H,1-2H3. The van der Waals surface area contributed by atoms with Gasteiger partial charge in [0, 0.05) is 7.05 Å². The number of halogens is 1. The summed E-state index contributed by atoms with van der Waals surface area (Å²) in [6, 6.07) is 0. The van der Waals surface area contributed by atoms with Crippen LogP contribution in [0.1, 0.15) is 18.1 Å². The van der Waals surface area contributed by atoms with E-state index in [-0.39, 0.29) is 5.38 Å². The van der Waals surface area contributed by atoms with Crippen LogP contribution in [0.4, 0.5) is 0 Å². The van der Waals surface area contributed by atoms with Crippen molar-refractivity contribution in [3.63, 3.8) is 0 Å². The van der Waals surface area contributed by atoms with Crippen molar-refractivity contribution in [1.82, 2.24) is 14.8 Å². The highest BCUT2D eigenvalue weighted by Gasteiger charge is 2.05. The molecule has 1 heterocycles. The third-order valence-corrected chi connectivity index (χ3v) is 1.30. The van der Waals surface area contributed by atoms with E-state index in [1.165, 1.54) is 0 Å². The highest BCUT2D eigenvalue weighted by molar-refractivity contribution is 6.20. The number of rotatable bonds is 1. The summed E-state index contributed by atoms with van der Waals surface area (Å²) in [4.78, 5) is 0. The second kappa shape index (κ2) is 2.35. The highest BCUT2D eigenvalue weighted by atomic mass is 35.5. The molecule has 1 unspecified atom stereocenters. The Hall–Kier alpha value is -0.570. The molecule has 0 N–H and O–H groups in total. The number of alkyl halides is 1. The van der Waals surface area contributed by atoms with Gasteiger partial charge in [0.2, 0.25) is 0 Å². The van der Waals surface area contributed by atoms with Crippen LogP contribution in [-0.2, 0) is 7.05 Å². The first-order valence-corrected chi connectivity index (χ1v) is 3.13. The number of nitrogens with zero attached hydrogens (tertiary/aromatic N) is 3. The molecular weight excluding hydrogens is 138 g/mol. The van der Waals surface area contributed by atoms with Crippen molar-refractivity contribution in [3.8, 4) is 0 Å². The van der Waals surface area contributed by atoms with Crippen molar-refractivity contribution in [3.05, 3.63) is 12.2 Å². The summed E-state index contributed by atoms with van der Waals surface area (Å²) in [6.45, 7) is 1.87. The molecule has 1 atom stereocenters. The molecule has 0 aliphatic carbocycles. The summed E-state index contributed by atoms with van der Waals surface area (Å²) < 4.78 is 1.80. The third kappa shape index (κ3) is 1.21. The van der Waals surface area contributed by atoms with Gasteiger partial charge in [-0.05, 0) is 6.92 Å². The van der Waals surface area contributed by atoms with Crippen molar-refractivity contribution in [2.24, 2.45) is 7.05 Å². The minimum absolute atomic E-state index is 0.0579. The maximum absolute atomic E-state index is 5.73. The summed E-state index contributed by atoms with van der Waals surface area (Å²) in [7, 11) is 1.87. The molecule has 9 heavy (non-hydrogen) atoms. The topological polar surface area (TPSA) is 30.7 Å². The Labute approximate surface area is 58.7 Å². The van der Waals surface area contributed by atoms with Crippen LogP contribution in [0.15, 0.2) is 6.33 Å². The summed E-state index contributed by atoms with van der Waals surface area (Å²) in [5, 5.41) is 7.41. The monoisotopic (exact) mass is 145 g/mol. The zero-order valence-electron chi connectivity index (χ0n) is 5.37. The summed E-state index contributed by atoms with van der Waals surface area (Å²) in [5.74, 6) is 0.802. The van der Waals surface area contributed by atoms with Crippen molar-refractivity contribution < 1.29 is 0 Å². The molecule has 50 valence electrons. The lowest BCUT2D eigenvalue weighted by Crippen LogP contribution is -1.96. The number of aryl methyl sites for hydroxylation is 1. The molecule has 0 saturated carbocycles. The normalized spacial score (nSPS) is 13.7. The van der Waals surface area contributed by atoms with Gasteiger partial charge in [-0.2, -0.15) is 0 Å². The van der Waals surface area contributed by atoms with Gasteiger partial charge in [0.25, 0.3) is 0 Å². The quantitative estimate of drug-likeness (QED) is 0.555. The molecule has 0 fully saturated rings. The van der Waals surface area contributed by atoms with Gasteiger partial charge in [-0.3, -0.25) is 0 Å². The first kappa shape index (κ1) is 6.55. The van der Waals surface area contributed by atoms with Crippen LogP contribution in [0, 0.1) is 0 Å². The van der Waals surface area contributed by atoms with E-state index >= 15 is 0 Å². The largest absolute Gasteiger partial charge is 0.319 e. The first-order chi connectivity index (χ1) is 4.22. The molecule has 1 aromatic heterocycles. The minimum Gasteiger partial charge on any atom is -0.319 e. The first-order valence-electron chi connectivity index (χ1n) is 2.70. The van der Waals surface area contributed by atoms with E-state index in [2.05, 4.69) is 10.2 Å². The third-order valence-electron chi connectivity index (χ3n) is 1.10. The van der Waals surface area contributed by atoms with Gasteiger partial charge in [0.15, 0.2) is 0 Å². The van der Waals surface area contributed by atoms with Gasteiger partial charge >= 0.3 is 0 Å². The van der Waals surface area contributed by atoms with Crippen LogP contribution in [0.2, 0.25) is 0 Å². The van der Waals surface area contributed by atoms with E-state index in [1.807, 2.05) is 14.0 Å². The van der Waals surface area contributed by atoms with Crippen LogP contribution >= 0.6 is 11.6 Å². The van der Waals surface area contributed by atoms with Crippen molar-refractivity contribution >= 4 is 11.6 Å². The number of hydrogen-bond acceptors (Lipinski definition) is 2. The molecule has 4 heteroatoms. The molecule has 0 radical (unpaired) electrons. The molecular formula is C5H8ClN3. The van der Waals surface area contributed by atoms with Crippen LogP contribution in [-0.4, -0.2) is 14.8 Å². The Morgan fingerprint density at radius 2 is 2.44 bits per heavy atom. The van der Waals surface area contributed by atoms with E-state index < -0.39 is 0 Å². The van der Waals surface area contributed by atoms with Crippen LogP contribution in [0.3, 0.4) is 0 Å². The molecule has 1 aromatic rings. The van der Waals surface area contributed by atoms with Crippen LogP contribution in [0.25, 0.3) is 0 Å². The predicted molar refractivity (Wildman–Crippen MR) is 35.3 cm³/mol. The lowest BCUT2D eigenvalue weighted by molar-refractivity contribution is 0.791. The molecule has 0 aliphatic heterocycles. The average Bonchev–Trinajstić information content (AvgIpc) is 2.13. The summed E-state index contributed by atoms with van der Waals surface area (Å²) in [6.07, 6.45) is 1.63. The lowest BCUT2D eigenvalue weighted by Gasteiger charge is -1.98. The van der Waals surface area contributed by atoms with Gasteiger partial charge in [-0.25, -0.2) is 0 Å². The van der Waals surface area contributed by atoms with Crippen molar-refractivity contribution in [1.29, 1.82) is 0 Å². The van der Waals surface area contributed by atoms with Crippen LogP contribution in [0.5, 0.6) is 0 Å². The van der Waals surface area contributed by atoms with E-state index in [0.717, 1.165) is 5.82 Å². The second-order valence-electron chi connectivity index (χ2n) is 1.92. The van der Waals surface area contributed by atoms with Gasteiger partial charge < -0.3 is 4.57 Å². The van der Waals surface area contributed by atoms with E-state index in [4.69, 9.17) is 11.6 Å². The fraction of sp³-hybridized carbons (Fsp3) is 0.600. The van der Waals surface area contributed by atoms with Gasteiger partial charge in [0.1, 0.15) is 12.2 Å². The number of aromatic nitrogens is 3. The van der Waals surface area contributed by atoms with E-state index in [1.54, 1.807) is 10.9 Å². The maximum Gasteiger partial charge on any atom is 0.150 e. The van der Waals surface area contributed by atoms with Gasteiger partial charge in [-0.1, -0.05) is 0 Å². The summed E-state index contributed by atoms with van der Waals surface area (Å²) in [5.41, 5.74) is 0. The van der Waals surface area contributed by atoms with E-state index in [9.17, 15) is 0 Å². The molecule has 0 aromatic carbocycles. The zero-order chi connectivity index (χ0) is 6.85. The molecule has 0 bridgehead atoms. The molecule has 1 rings (SSSR count). The van der Waals surface area contributed by atoms with Crippen molar-refractivity contribution in [2.75, 3.05) is 0 Å². The molecule has 0 amide bonds. The zero-order valence-corrected chi connectivity index (χ0v) is 6.13. The molecule has 0 aliphatic rings. The molecule has 0 spiro atoms. The van der Waals surface area contributed by atoms with E-state index in [0.29, 0.717) is 0 Å². The highest BCUT2D eigenvalue weighted by Crippen LogP contribution is 2.14. The molecule has 3 nitrogen and oxygen atoms in total. The average molecular weight is 146 g/mol. The fourth-order valence-corrected chi connectivity index (χ4v) is 0.850. The SMILES string of the molecule is CC(Cl)c1nncn1C. The Morgan fingerprint density at radius 1 is 1.78 bits per heavy atom. The maximum atomic E-state index is 5.73. The molecule has 0 saturated heterocycles. The second-order valence-corrected chi connectivity index (χ2v) is 2.57. The Kier molecular flexibility index (Phi) is 1.71.